The molecule has 2 nitrogen and oxygen atoms in total. The Hall–Kier alpha value is -1.74. The molecule has 2 N–H and O–H groups in total. The van der Waals surface area contributed by atoms with Gasteiger partial charge in [0.1, 0.15) is 6.67 Å². The third kappa shape index (κ3) is 2.02. The maximum atomic E-state index is 12.5. The number of aromatic nitrogens is 1. The van der Waals surface area contributed by atoms with E-state index in [-0.39, 0.29) is 5.54 Å². The summed E-state index contributed by atoms with van der Waals surface area (Å²) in [6.07, 6.45) is 3.87. The van der Waals surface area contributed by atoms with Crippen molar-refractivity contribution in [3.8, 4) is 11.3 Å². The van der Waals surface area contributed by atoms with Gasteiger partial charge in [-0.25, -0.2) is 4.39 Å². The molecule has 1 heterocycles. The quantitative estimate of drug-likeness (QED) is 0.897. The van der Waals surface area contributed by atoms with Crippen LogP contribution >= 0.6 is 0 Å². The van der Waals surface area contributed by atoms with Gasteiger partial charge in [0.2, 0.25) is 0 Å². The maximum Gasteiger partial charge on any atom is 0.115 e. The number of rotatable bonds is 3. The first kappa shape index (κ1) is 11.4. The summed E-state index contributed by atoms with van der Waals surface area (Å²) in [5, 5.41) is 0. The predicted octanol–water partition coefficient (Wildman–Crippen LogP) is 3.17. The Morgan fingerprint density at radius 3 is 2.50 bits per heavy atom. The van der Waals surface area contributed by atoms with Crippen LogP contribution in [0.4, 0.5) is 4.39 Å². The fraction of sp³-hybridized carbons (Fsp3) is 0.267. The molecule has 1 fully saturated rings. The highest BCUT2D eigenvalue weighted by atomic mass is 19.1. The molecule has 1 aliphatic rings. The van der Waals surface area contributed by atoms with E-state index < -0.39 is 6.67 Å². The summed E-state index contributed by atoms with van der Waals surface area (Å²) >= 11 is 0. The van der Waals surface area contributed by atoms with Crippen LogP contribution in [0.15, 0.2) is 42.6 Å². The third-order valence-corrected chi connectivity index (χ3v) is 3.53. The van der Waals surface area contributed by atoms with Crippen molar-refractivity contribution in [3.63, 3.8) is 0 Å². The summed E-state index contributed by atoms with van der Waals surface area (Å²) in [4.78, 5) is 4.36. The van der Waals surface area contributed by atoms with Gasteiger partial charge in [0.05, 0.1) is 5.69 Å². The number of hydrogen-bond donors (Lipinski definition) is 1. The van der Waals surface area contributed by atoms with Crippen molar-refractivity contribution in [1.29, 1.82) is 0 Å². The van der Waals surface area contributed by atoms with Crippen molar-refractivity contribution in [2.24, 2.45) is 5.73 Å². The lowest BCUT2D eigenvalue weighted by Gasteiger charge is -2.10. The summed E-state index contributed by atoms with van der Waals surface area (Å²) in [7, 11) is 0. The van der Waals surface area contributed by atoms with Gasteiger partial charge in [-0.3, -0.25) is 4.98 Å². The molecule has 0 atom stereocenters. The van der Waals surface area contributed by atoms with Gasteiger partial charge < -0.3 is 5.73 Å². The Bertz CT molecular complexity index is 559. The maximum absolute atomic E-state index is 12.5. The van der Waals surface area contributed by atoms with Crippen LogP contribution in [0.1, 0.15) is 24.0 Å². The zero-order valence-corrected chi connectivity index (χ0v) is 10.1. The van der Waals surface area contributed by atoms with Gasteiger partial charge in [-0.2, -0.15) is 0 Å². The minimum Gasteiger partial charge on any atom is -0.321 e. The number of halogens is 1. The van der Waals surface area contributed by atoms with Crippen molar-refractivity contribution in [2.45, 2.75) is 25.1 Å². The molecule has 2 aromatic rings. The smallest absolute Gasteiger partial charge is 0.115 e. The van der Waals surface area contributed by atoms with E-state index in [2.05, 4.69) is 4.98 Å². The molecule has 3 heteroatoms. The summed E-state index contributed by atoms with van der Waals surface area (Å²) < 4.78 is 12.5. The van der Waals surface area contributed by atoms with Crippen LogP contribution < -0.4 is 5.73 Å². The van der Waals surface area contributed by atoms with Gasteiger partial charge in [0.25, 0.3) is 0 Å². The van der Waals surface area contributed by atoms with E-state index in [0.717, 1.165) is 29.7 Å². The van der Waals surface area contributed by atoms with Crippen LogP contribution in [-0.4, -0.2) is 4.98 Å². The third-order valence-electron chi connectivity index (χ3n) is 3.53. The van der Waals surface area contributed by atoms with Gasteiger partial charge in [-0.05, 0) is 36.1 Å². The fourth-order valence-electron chi connectivity index (χ4n) is 2.09. The van der Waals surface area contributed by atoms with E-state index in [4.69, 9.17) is 5.73 Å². The largest absolute Gasteiger partial charge is 0.321 e. The molecule has 0 unspecified atom stereocenters. The highest BCUT2D eigenvalue weighted by molar-refractivity contribution is 5.60. The van der Waals surface area contributed by atoms with Crippen molar-refractivity contribution in [1.82, 2.24) is 4.98 Å². The molecular formula is C15H15FN2. The second-order valence-electron chi connectivity index (χ2n) is 4.92. The monoisotopic (exact) mass is 242 g/mol. The molecule has 18 heavy (non-hydrogen) atoms. The molecule has 0 spiro atoms. The molecule has 0 bridgehead atoms. The van der Waals surface area contributed by atoms with Crippen molar-refractivity contribution >= 4 is 0 Å². The Morgan fingerprint density at radius 1 is 1.17 bits per heavy atom. The first-order valence-corrected chi connectivity index (χ1v) is 6.12. The van der Waals surface area contributed by atoms with Gasteiger partial charge in [0, 0.05) is 17.3 Å². The van der Waals surface area contributed by atoms with Crippen LogP contribution in [0, 0.1) is 0 Å². The van der Waals surface area contributed by atoms with Crippen LogP contribution in [-0.2, 0) is 12.2 Å². The van der Waals surface area contributed by atoms with E-state index in [1.807, 2.05) is 24.3 Å². The van der Waals surface area contributed by atoms with E-state index in [1.165, 1.54) is 0 Å². The van der Waals surface area contributed by atoms with E-state index in [9.17, 15) is 4.39 Å². The lowest BCUT2D eigenvalue weighted by atomic mass is 10.0. The molecule has 3 rings (SSSR count). The lowest BCUT2D eigenvalue weighted by Crippen LogP contribution is -2.18. The second kappa shape index (κ2) is 4.18. The van der Waals surface area contributed by atoms with Crippen molar-refractivity contribution in [2.75, 3.05) is 0 Å². The predicted molar refractivity (Wildman–Crippen MR) is 69.6 cm³/mol. The zero-order valence-electron chi connectivity index (χ0n) is 10.1. The molecule has 92 valence electrons. The lowest BCUT2D eigenvalue weighted by molar-refractivity contribution is 0.485. The highest BCUT2D eigenvalue weighted by Crippen LogP contribution is 2.43. The highest BCUT2D eigenvalue weighted by Gasteiger charge is 2.40. The summed E-state index contributed by atoms with van der Waals surface area (Å²) in [5.41, 5.74) is 9.77. The molecule has 1 aliphatic carbocycles. The summed E-state index contributed by atoms with van der Waals surface area (Å²) in [6, 6.07) is 11.4. The number of hydrogen-bond acceptors (Lipinski definition) is 2. The Labute approximate surface area is 106 Å². The van der Waals surface area contributed by atoms with Crippen molar-refractivity contribution < 1.29 is 4.39 Å². The average Bonchev–Trinajstić information content (AvgIpc) is 3.18. The first-order chi connectivity index (χ1) is 8.71. The van der Waals surface area contributed by atoms with Crippen LogP contribution in [0.25, 0.3) is 11.3 Å². The topological polar surface area (TPSA) is 38.9 Å². The molecule has 1 aromatic carbocycles. The second-order valence-corrected chi connectivity index (χ2v) is 4.92. The van der Waals surface area contributed by atoms with Crippen LogP contribution in [0.2, 0.25) is 0 Å². The normalized spacial score (nSPS) is 16.6. The van der Waals surface area contributed by atoms with Gasteiger partial charge >= 0.3 is 0 Å². The van der Waals surface area contributed by atoms with Crippen LogP contribution in [0.3, 0.4) is 0 Å². The molecule has 1 aromatic heterocycles. The first-order valence-electron chi connectivity index (χ1n) is 6.12. The summed E-state index contributed by atoms with van der Waals surface area (Å²) in [6.45, 7) is -0.431. The molecule has 0 amide bonds. The van der Waals surface area contributed by atoms with Crippen LogP contribution in [0.5, 0.6) is 0 Å². The number of alkyl halides is 1. The van der Waals surface area contributed by atoms with E-state index in [1.54, 1.807) is 18.3 Å². The average molecular weight is 242 g/mol. The Balaban J connectivity index is 1.95. The van der Waals surface area contributed by atoms with Gasteiger partial charge in [0.15, 0.2) is 0 Å². The number of pyridine rings is 1. The minimum atomic E-state index is -0.431. The standard InChI is InChI=1S/C15H15FN2/c16-10-11-1-3-12(4-2-11)14-9-13(5-8-18-14)15(17)6-7-15/h1-5,8-9H,6-7,10,17H2. The van der Waals surface area contributed by atoms with Gasteiger partial charge in [-0.15, -0.1) is 0 Å². The molecule has 0 radical (unpaired) electrons. The number of nitrogens with two attached hydrogens (primary N) is 1. The zero-order chi connectivity index (χ0) is 12.6. The Morgan fingerprint density at radius 2 is 1.89 bits per heavy atom. The van der Waals surface area contributed by atoms with Gasteiger partial charge in [-0.1, -0.05) is 24.3 Å². The molecule has 1 saturated carbocycles. The molecule has 0 saturated heterocycles. The minimum absolute atomic E-state index is 0.142. The fourth-order valence-corrected chi connectivity index (χ4v) is 2.09. The SMILES string of the molecule is NC1(c2ccnc(-c3ccc(CF)cc3)c2)CC1. The van der Waals surface area contributed by atoms with E-state index in [0.29, 0.717) is 5.56 Å². The summed E-state index contributed by atoms with van der Waals surface area (Å²) in [5.74, 6) is 0. The molecular weight excluding hydrogens is 227 g/mol. The number of nitrogens with zero attached hydrogens (tertiary/aromatic N) is 1. The van der Waals surface area contributed by atoms with E-state index >= 15 is 0 Å². The Kier molecular flexibility index (Phi) is 2.63. The molecule has 0 aliphatic heterocycles. The van der Waals surface area contributed by atoms with Crippen molar-refractivity contribution in [3.05, 3.63) is 53.7 Å². The number of benzene rings is 1.